The van der Waals surface area contributed by atoms with Crippen molar-refractivity contribution in [3.05, 3.63) is 42.0 Å². The van der Waals surface area contributed by atoms with Gasteiger partial charge in [0.05, 0.1) is 32.6 Å². The normalized spacial score (nSPS) is 9.96. The molecule has 0 aliphatic carbocycles. The topological polar surface area (TPSA) is 109 Å². The van der Waals surface area contributed by atoms with Crippen LogP contribution in [0.1, 0.15) is 10.4 Å². The maximum absolute atomic E-state index is 12.2. The summed E-state index contributed by atoms with van der Waals surface area (Å²) in [5, 5.41) is 2.67. The zero-order chi connectivity index (χ0) is 19.1. The fraction of sp³-hybridized carbons (Fsp3) is 0.222. The zero-order valence-corrected chi connectivity index (χ0v) is 14.7. The van der Waals surface area contributed by atoms with Gasteiger partial charge in [-0.25, -0.2) is 0 Å². The van der Waals surface area contributed by atoms with E-state index in [1.54, 1.807) is 24.3 Å². The van der Waals surface area contributed by atoms with Crippen LogP contribution in [0.5, 0.6) is 23.0 Å². The molecule has 2 aromatic rings. The Labute approximate surface area is 150 Å². The minimum absolute atomic E-state index is 0.153. The second-order valence-corrected chi connectivity index (χ2v) is 5.13. The van der Waals surface area contributed by atoms with E-state index in [4.69, 9.17) is 24.7 Å². The third kappa shape index (κ3) is 4.56. The van der Waals surface area contributed by atoms with Crippen LogP contribution < -0.4 is 30.0 Å². The van der Waals surface area contributed by atoms with Gasteiger partial charge < -0.3 is 30.0 Å². The van der Waals surface area contributed by atoms with Crippen molar-refractivity contribution in [2.45, 2.75) is 0 Å². The van der Waals surface area contributed by atoms with E-state index in [0.29, 0.717) is 22.9 Å². The Kier molecular flexibility index (Phi) is 6.26. The molecule has 0 fully saturated rings. The van der Waals surface area contributed by atoms with E-state index in [9.17, 15) is 9.59 Å². The summed E-state index contributed by atoms with van der Waals surface area (Å²) in [7, 11) is 4.49. The predicted octanol–water partition coefficient (Wildman–Crippen LogP) is 1.83. The first-order valence-electron chi connectivity index (χ1n) is 7.61. The van der Waals surface area contributed by atoms with Crippen molar-refractivity contribution in [1.82, 2.24) is 0 Å². The van der Waals surface area contributed by atoms with Gasteiger partial charge in [0.2, 0.25) is 0 Å². The van der Waals surface area contributed by atoms with E-state index in [0.717, 1.165) is 0 Å². The van der Waals surface area contributed by atoms with E-state index < -0.39 is 11.8 Å². The monoisotopic (exact) mass is 360 g/mol. The molecule has 8 nitrogen and oxygen atoms in total. The quantitative estimate of drug-likeness (QED) is 0.743. The Bertz CT molecular complexity index is 806. The molecule has 2 rings (SSSR count). The maximum Gasteiger partial charge on any atom is 0.262 e. The lowest BCUT2D eigenvalue weighted by atomic mass is 10.2. The van der Waals surface area contributed by atoms with E-state index >= 15 is 0 Å². The molecule has 3 N–H and O–H groups in total. The highest BCUT2D eigenvalue weighted by Crippen LogP contribution is 2.29. The molecule has 8 heteroatoms. The van der Waals surface area contributed by atoms with Crippen molar-refractivity contribution in [2.24, 2.45) is 5.73 Å². The average molecular weight is 360 g/mol. The molecule has 0 aliphatic rings. The Morgan fingerprint density at radius 1 is 0.923 bits per heavy atom. The van der Waals surface area contributed by atoms with Crippen LogP contribution in [0.15, 0.2) is 36.4 Å². The molecule has 138 valence electrons. The number of amides is 2. The highest BCUT2D eigenvalue weighted by molar-refractivity contribution is 5.96. The van der Waals surface area contributed by atoms with Gasteiger partial charge in [-0.15, -0.1) is 0 Å². The van der Waals surface area contributed by atoms with Gasteiger partial charge >= 0.3 is 0 Å². The summed E-state index contributed by atoms with van der Waals surface area (Å²) in [6, 6.07) is 9.52. The number of rotatable bonds is 8. The Balaban J connectivity index is 2.09. The van der Waals surface area contributed by atoms with Crippen molar-refractivity contribution in [2.75, 3.05) is 33.3 Å². The second-order valence-electron chi connectivity index (χ2n) is 5.13. The molecule has 0 radical (unpaired) electrons. The number of ether oxygens (including phenoxy) is 4. The molecule has 0 unspecified atom stereocenters. The number of nitrogens with one attached hydrogen (secondary N) is 1. The standard InChI is InChI=1S/C18H20N2O6/c1-23-11-4-6-13(18(19)22)15(8-11)26-10-17(21)20-14-7-5-12(24-2)9-16(14)25-3/h4-9H,10H2,1-3H3,(H2,19,22)(H,20,21). The lowest BCUT2D eigenvalue weighted by Gasteiger charge is -2.13. The maximum atomic E-state index is 12.2. The van der Waals surface area contributed by atoms with E-state index in [2.05, 4.69) is 5.32 Å². The summed E-state index contributed by atoms with van der Waals surface area (Å²) in [5.74, 6) is 0.568. The number of nitrogens with two attached hydrogens (primary N) is 1. The van der Waals surface area contributed by atoms with Crippen molar-refractivity contribution in [3.63, 3.8) is 0 Å². The van der Waals surface area contributed by atoms with Crippen LogP contribution in [0.4, 0.5) is 5.69 Å². The van der Waals surface area contributed by atoms with E-state index in [-0.39, 0.29) is 17.9 Å². The van der Waals surface area contributed by atoms with Gasteiger partial charge in [0.25, 0.3) is 11.8 Å². The first kappa shape index (κ1) is 18.9. The third-order valence-electron chi connectivity index (χ3n) is 3.50. The zero-order valence-electron chi connectivity index (χ0n) is 14.7. The van der Waals surface area contributed by atoms with Gasteiger partial charge in [-0.2, -0.15) is 0 Å². The minimum atomic E-state index is -0.667. The van der Waals surface area contributed by atoms with Crippen molar-refractivity contribution >= 4 is 17.5 Å². The van der Waals surface area contributed by atoms with Gasteiger partial charge in [0, 0.05) is 12.1 Å². The van der Waals surface area contributed by atoms with Crippen LogP contribution in [0.25, 0.3) is 0 Å². The molecule has 0 heterocycles. The average Bonchev–Trinajstić information content (AvgIpc) is 2.66. The fourth-order valence-electron chi connectivity index (χ4n) is 2.18. The molecule has 0 saturated heterocycles. The molecule has 26 heavy (non-hydrogen) atoms. The highest BCUT2D eigenvalue weighted by atomic mass is 16.5. The van der Waals surface area contributed by atoms with Crippen LogP contribution in [-0.4, -0.2) is 39.8 Å². The minimum Gasteiger partial charge on any atom is -0.497 e. The number of anilines is 1. The molecular formula is C18H20N2O6. The second kappa shape index (κ2) is 8.61. The smallest absolute Gasteiger partial charge is 0.262 e. The first-order valence-corrected chi connectivity index (χ1v) is 7.61. The summed E-state index contributed by atoms with van der Waals surface area (Å²) in [5.41, 5.74) is 5.93. The summed E-state index contributed by atoms with van der Waals surface area (Å²) < 4.78 is 20.8. The molecule has 0 aliphatic heterocycles. The number of carbonyl (C=O) groups is 2. The molecular weight excluding hydrogens is 340 g/mol. The molecule has 0 aromatic heterocycles. The van der Waals surface area contributed by atoms with Crippen molar-refractivity contribution in [3.8, 4) is 23.0 Å². The van der Waals surface area contributed by atoms with Crippen LogP contribution in [-0.2, 0) is 4.79 Å². The molecule has 0 saturated carbocycles. The number of hydrogen-bond donors (Lipinski definition) is 2. The van der Waals surface area contributed by atoms with Gasteiger partial charge in [0.15, 0.2) is 6.61 Å². The van der Waals surface area contributed by atoms with Crippen LogP contribution in [0.3, 0.4) is 0 Å². The Morgan fingerprint density at radius 3 is 2.12 bits per heavy atom. The summed E-state index contributed by atoms with van der Waals surface area (Å²) in [6.45, 7) is -0.331. The molecule has 0 spiro atoms. The van der Waals surface area contributed by atoms with E-state index in [1.165, 1.54) is 33.5 Å². The van der Waals surface area contributed by atoms with Gasteiger partial charge in [-0.3, -0.25) is 9.59 Å². The number of benzene rings is 2. The highest BCUT2D eigenvalue weighted by Gasteiger charge is 2.14. The fourth-order valence-corrected chi connectivity index (χ4v) is 2.18. The van der Waals surface area contributed by atoms with Crippen LogP contribution >= 0.6 is 0 Å². The lowest BCUT2D eigenvalue weighted by Crippen LogP contribution is -2.22. The largest absolute Gasteiger partial charge is 0.497 e. The summed E-state index contributed by atoms with van der Waals surface area (Å²) >= 11 is 0. The number of hydrogen-bond acceptors (Lipinski definition) is 6. The summed E-state index contributed by atoms with van der Waals surface area (Å²) in [6.07, 6.45) is 0. The Morgan fingerprint density at radius 2 is 1.54 bits per heavy atom. The van der Waals surface area contributed by atoms with Crippen molar-refractivity contribution in [1.29, 1.82) is 0 Å². The molecule has 0 atom stereocenters. The first-order chi connectivity index (χ1) is 12.5. The number of primary amides is 1. The van der Waals surface area contributed by atoms with Crippen LogP contribution in [0, 0.1) is 0 Å². The van der Waals surface area contributed by atoms with Gasteiger partial charge in [-0.05, 0) is 24.3 Å². The predicted molar refractivity (Wildman–Crippen MR) is 95.2 cm³/mol. The molecule has 2 amide bonds. The van der Waals surface area contributed by atoms with Gasteiger partial charge in [-0.1, -0.05) is 0 Å². The van der Waals surface area contributed by atoms with Crippen LogP contribution in [0.2, 0.25) is 0 Å². The lowest BCUT2D eigenvalue weighted by molar-refractivity contribution is -0.118. The summed E-state index contributed by atoms with van der Waals surface area (Å²) in [4.78, 5) is 23.6. The molecule has 0 bridgehead atoms. The third-order valence-corrected chi connectivity index (χ3v) is 3.50. The number of methoxy groups -OCH3 is 3. The Hall–Kier alpha value is -3.42. The SMILES string of the molecule is COc1ccc(NC(=O)COc2cc(OC)ccc2C(N)=O)c(OC)c1. The van der Waals surface area contributed by atoms with E-state index in [1.807, 2.05) is 0 Å². The number of carbonyl (C=O) groups excluding carboxylic acids is 2. The molecule has 2 aromatic carbocycles. The van der Waals surface area contributed by atoms with Crippen molar-refractivity contribution < 1.29 is 28.5 Å². The van der Waals surface area contributed by atoms with Gasteiger partial charge in [0.1, 0.15) is 23.0 Å².